The summed E-state index contributed by atoms with van der Waals surface area (Å²) in [5.74, 6) is 3.52. The largest absolute Gasteiger partial charge is 0.497 e. The lowest BCUT2D eigenvalue weighted by molar-refractivity contribution is 0.174. The number of aryl methyl sites for hydroxylation is 1. The van der Waals surface area contributed by atoms with Crippen molar-refractivity contribution in [3.63, 3.8) is 0 Å². The molecule has 0 fully saturated rings. The molecule has 0 N–H and O–H groups in total. The van der Waals surface area contributed by atoms with Crippen LogP contribution in [-0.4, -0.2) is 26.0 Å². The fraction of sp³-hybridized carbons (Fsp3) is 0.143. The second-order valence-corrected chi connectivity index (χ2v) is 9.32. The number of methoxy groups -OCH3 is 2. The van der Waals surface area contributed by atoms with Crippen molar-refractivity contribution in [1.82, 2.24) is 4.98 Å². The van der Waals surface area contributed by atoms with Crippen LogP contribution in [0.4, 0.5) is 5.13 Å². The van der Waals surface area contributed by atoms with Gasteiger partial charge in [0.15, 0.2) is 11.5 Å². The van der Waals surface area contributed by atoms with Gasteiger partial charge in [0.1, 0.15) is 22.8 Å². The molecule has 0 aliphatic carbocycles. The summed E-state index contributed by atoms with van der Waals surface area (Å²) in [7, 11) is 3.27. The lowest BCUT2D eigenvalue weighted by Gasteiger charge is -2.09. The Balaban J connectivity index is 1.48. The van der Waals surface area contributed by atoms with Crippen LogP contribution in [0.2, 0.25) is 0 Å². The molecule has 0 bridgehead atoms. The highest BCUT2D eigenvalue weighted by atomic mass is 32.1. The highest BCUT2D eigenvalue weighted by molar-refractivity contribution is 7.15. The zero-order valence-corrected chi connectivity index (χ0v) is 20.7. The third-order valence-electron chi connectivity index (χ3n) is 5.97. The van der Waals surface area contributed by atoms with Crippen molar-refractivity contribution >= 4 is 27.4 Å². The van der Waals surface area contributed by atoms with Gasteiger partial charge < -0.3 is 23.4 Å². The van der Waals surface area contributed by atoms with Gasteiger partial charge in [-0.15, -0.1) is 0 Å². The third-order valence-corrected chi connectivity index (χ3v) is 6.84. The molecule has 0 amide bonds. The molecule has 6 rings (SSSR count). The van der Waals surface area contributed by atoms with E-state index in [1.807, 2.05) is 73.7 Å². The number of thiazole rings is 1. The third kappa shape index (κ3) is 3.95. The van der Waals surface area contributed by atoms with Gasteiger partial charge in [0.25, 0.3) is 0 Å². The first kappa shape index (κ1) is 22.2. The first-order valence-corrected chi connectivity index (χ1v) is 12.1. The average Bonchev–Trinajstić information content (AvgIpc) is 3.53. The molecule has 5 aromatic rings. The van der Waals surface area contributed by atoms with E-state index >= 15 is 0 Å². The second kappa shape index (κ2) is 9.05. The maximum absolute atomic E-state index is 6.23. The summed E-state index contributed by atoms with van der Waals surface area (Å²) in [6.45, 7) is 2.26. The van der Waals surface area contributed by atoms with Gasteiger partial charge in [-0.05, 0) is 49.4 Å². The van der Waals surface area contributed by atoms with Crippen molar-refractivity contribution in [1.29, 1.82) is 0 Å². The van der Waals surface area contributed by atoms with Crippen LogP contribution in [0.25, 0.3) is 33.6 Å². The molecule has 0 saturated heterocycles. The van der Waals surface area contributed by atoms with Crippen LogP contribution >= 0.6 is 11.3 Å². The SMILES string of the molecule is COc1ccc(-c2nc(/N=c3\cc(-c4ccc5c(c4)OCO5)oc4ccccc34)sc2C)c(OC)c1. The van der Waals surface area contributed by atoms with Crippen molar-refractivity contribution in [2.45, 2.75) is 6.92 Å². The van der Waals surface area contributed by atoms with E-state index in [4.69, 9.17) is 33.3 Å². The predicted octanol–water partition coefficient (Wildman–Crippen LogP) is 6.51. The minimum atomic E-state index is 0.221. The fourth-order valence-electron chi connectivity index (χ4n) is 4.18. The summed E-state index contributed by atoms with van der Waals surface area (Å²) < 4.78 is 28.2. The summed E-state index contributed by atoms with van der Waals surface area (Å²) >= 11 is 1.53. The van der Waals surface area contributed by atoms with Crippen LogP contribution in [-0.2, 0) is 0 Å². The molecule has 3 aromatic carbocycles. The van der Waals surface area contributed by atoms with E-state index in [9.17, 15) is 0 Å². The van der Waals surface area contributed by atoms with E-state index in [1.165, 1.54) is 11.3 Å². The van der Waals surface area contributed by atoms with E-state index in [2.05, 4.69) is 0 Å². The van der Waals surface area contributed by atoms with E-state index < -0.39 is 0 Å². The van der Waals surface area contributed by atoms with Gasteiger partial charge in [0.05, 0.1) is 25.3 Å². The Kier molecular flexibility index (Phi) is 5.58. The highest BCUT2D eigenvalue weighted by Gasteiger charge is 2.17. The Labute approximate surface area is 211 Å². The summed E-state index contributed by atoms with van der Waals surface area (Å²) in [4.78, 5) is 10.8. The maximum Gasteiger partial charge on any atom is 0.231 e. The van der Waals surface area contributed by atoms with E-state index in [0.29, 0.717) is 22.4 Å². The minimum Gasteiger partial charge on any atom is -0.497 e. The number of fused-ring (bicyclic) bond motifs is 2. The van der Waals surface area contributed by atoms with Crippen LogP contribution in [0.3, 0.4) is 0 Å². The number of nitrogens with zero attached hydrogens (tertiary/aromatic N) is 2. The van der Waals surface area contributed by atoms with Gasteiger partial charge >= 0.3 is 0 Å². The fourth-order valence-corrected chi connectivity index (χ4v) is 4.99. The van der Waals surface area contributed by atoms with Gasteiger partial charge in [-0.3, -0.25) is 0 Å². The molecule has 1 aliphatic rings. The molecule has 0 atom stereocenters. The number of benzene rings is 3. The smallest absolute Gasteiger partial charge is 0.231 e. The maximum atomic E-state index is 6.23. The van der Waals surface area contributed by atoms with Crippen molar-refractivity contribution in [2.75, 3.05) is 21.0 Å². The number of ether oxygens (including phenoxy) is 4. The molecule has 0 saturated carbocycles. The highest BCUT2D eigenvalue weighted by Crippen LogP contribution is 2.39. The molecule has 180 valence electrons. The summed E-state index contributed by atoms with van der Waals surface area (Å²) in [6, 6.07) is 21.2. The Morgan fingerprint density at radius 3 is 2.64 bits per heavy atom. The van der Waals surface area contributed by atoms with Crippen LogP contribution in [0.15, 0.2) is 76.1 Å². The Morgan fingerprint density at radius 1 is 0.917 bits per heavy atom. The van der Waals surface area contributed by atoms with Crippen LogP contribution in [0.5, 0.6) is 23.0 Å². The Bertz CT molecular complexity index is 1670. The van der Waals surface area contributed by atoms with E-state index in [-0.39, 0.29) is 6.79 Å². The van der Waals surface area contributed by atoms with Gasteiger partial charge in [-0.25, -0.2) is 9.98 Å². The molecule has 0 unspecified atom stereocenters. The predicted molar refractivity (Wildman–Crippen MR) is 138 cm³/mol. The quantitative estimate of drug-likeness (QED) is 0.275. The topological polar surface area (TPSA) is 75.3 Å². The van der Waals surface area contributed by atoms with Crippen molar-refractivity contribution in [3.8, 4) is 45.6 Å². The standard InChI is InChI=1S/C28H22N2O5S/c1-16-27(20-10-9-18(31-2)13-25(20)32-3)30-28(36-16)29-21-14-24(35-22-7-5-4-6-19(21)22)17-8-11-23-26(12-17)34-15-33-23/h4-14H,15H2,1-3H3/b29-21+. The van der Waals surface area contributed by atoms with Crippen LogP contribution in [0, 0.1) is 6.92 Å². The molecule has 3 heterocycles. The van der Waals surface area contributed by atoms with E-state index in [1.54, 1.807) is 14.2 Å². The van der Waals surface area contributed by atoms with Crippen molar-refractivity contribution < 1.29 is 23.4 Å². The van der Waals surface area contributed by atoms with Gasteiger partial charge in [-0.2, -0.15) is 0 Å². The number of rotatable bonds is 5. The van der Waals surface area contributed by atoms with Crippen LogP contribution in [0.1, 0.15) is 4.88 Å². The Morgan fingerprint density at radius 2 is 1.78 bits per heavy atom. The molecule has 2 aromatic heterocycles. The summed E-state index contributed by atoms with van der Waals surface area (Å²) in [5.41, 5.74) is 3.33. The number of hydrogen-bond acceptors (Lipinski definition) is 8. The molecule has 0 radical (unpaired) electrons. The van der Waals surface area contributed by atoms with Crippen LogP contribution < -0.4 is 24.3 Å². The monoisotopic (exact) mass is 498 g/mol. The average molecular weight is 499 g/mol. The molecule has 0 spiro atoms. The number of aromatic nitrogens is 1. The van der Waals surface area contributed by atoms with Gasteiger partial charge in [-0.1, -0.05) is 23.5 Å². The first-order chi connectivity index (χ1) is 17.6. The normalized spacial score (nSPS) is 12.8. The number of hydrogen-bond donors (Lipinski definition) is 0. The van der Waals surface area contributed by atoms with Crippen molar-refractivity contribution in [2.24, 2.45) is 4.99 Å². The minimum absolute atomic E-state index is 0.221. The molecular formula is C28H22N2O5S. The Hall–Kier alpha value is -4.30. The van der Waals surface area contributed by atoms with Gasteiger partial charge in [0.2, 0.25) is 11.9 Å². The lowest BCUT2D eigenvalue weighted by Crippen LogP contribution is -2.03. The lowest BCUT2D eigenvalue weighted by atomic mass is 10.1. The summed E-state index contributed by atoms with van der Waals surface area (Å²) in [5, 5.41) is 2.32. The number of para-hydroxylation sites is 1. The zero-order chi connectivity index (χ0) is 24.6. The molecule has 36 heavy (non-hydrogen) atoms. The molecule has 1 aliphatic heterocycles. The van der Waals surface area contributed by atoms with Gasteiger partial charge in [0, 0.05) is 33.5 Å². The molecular weight excluding hydrogens is 476 g/mol. The second-order valence-electron chi connectivity index (χ2n) is 8.14. The van der Waals surface area contributed by atoms with E-state index in [0.717, 1.165) is 49.5 Å². The van der Waals surface area contributed by atoms with Crippen molar-refractivity contribution in [3.05, 3.63) is 77.0 Å². The summed E-state index contributed by atoms with van der Waals surface area (Å²) in [6.07, 6.45) is 0. The molecule has 7 nitrogen and oxygen atoms in total. The zero-order valence-electron chi connectivity index (χ0n) is 19.9. The molecule has 8 heteroatoms. The first-order valence-electron chi connectivity index (χ1n) is 11.3.